The number of benzene rings is 3. The Balaban J connectivity index is 1.75. The summed E-state index contributed by atoms with van der Waals surface area (Å²) in [6.45, 7) is 1.99. The fourth-order valence-corrected chi connectivity index (χ4v) is 3.32. The molecule has 0 bridgehead atoms. The summed E-state index contributed by atoms with van der Waals surface area (Å²) in [6.07, 6.45) is 0. The molecule has 5 rings (SSSR count). The van der Waals surface area contributed by atoms with Gasteiger partial charge in [0.15, 0.2) is 22.8 Å². The monoisotopic (exact) mass is 343 g/mol. The van der Waals surface area contributed by atoms with Gasteiger partial charge >= 0.3 is 0 Å². The third kappa shape index (κ3) is 1.97. The highest BCUT2D eigenvalue weighted by molar-refractivity contribution is 6.26. The van der Waals surface area contributed by atoms with E-state index >= 15 is 0 Å². The van der Waals surface area contributed by atoms with Crippen LogP contribution in [0.1, 0.15) is 21.5 Å². The topological polar surface area (TPSA) is 72.6 Å². The number of hydrogen-bond acceptors (Lipinski definition) is 5. The molecule has 0 unspecified atom stereocenters. The van der Waals surface area contributed by atoms with Gasteiger partial charge in [0.1, 0.15) is 11.5 Å². The minimum Gasteiger partial charge on any atom is -0.507 e. The molecule has 5 nitrogen and oxygen atoms in total. The molecule has 0 saturated carbocycles. The highest BCUT2D eigenvalue weighted by atomic mass is 16.5. The van der Waals surface area contributed by atoms with Crippen LogP contribution in [0, 0.1) is 6.92 Å². The Morgan fingerprint density at radius 1 is 1.04 bits per heavy atom. The number of aromatic nitrogens is 1. The molecule has 26 heavy (non-hydrogen) atoms. The van der Waals surface area contributed by atoms with E-state index in [1.165, 1.54) is 6.07 Å². The lowest BCUT2D eigenvalue weighted by Gasteiger charge is -2.16. The van der Waals surface area contributed by atoms with Crippen LogP contribution in [-0.4, -0.2) is 16.0 Å². The van der Waals surface area contributed by atoms with Crippen LogP contribution < -0.4 is 4.74 Å². The van der Waals surface area contributed by atoms with Crippen LogP contribution in [0.3, 0.4) is 0 Å². The molecule has 0 saturated heterocycles. The lowest BCUT2D eigenvalue weighted by molar-refractivity contribution is 0.103. The molecule has 0 radical (unpaired) electrons. The van der Waals surface area contributed by atoms with E-state index in [1.54, 1.807) is 18.2 Å². The van der Waals surface area contributed by atoms with E-state index in [2.05, 4.69) is 5.16 Å². The van der Waals surface area contributed by atoms with E-state index in [9.17, 15) is 9.90 Å². The molecule has 4 aromatic rings. The fourth-order valence-electron chi connectivity index (χ4n) is 3.32. The Kier molecular flexibility index (Phi) is 2.94. The minimum atomic E-state index is -0.249. The Labute approximate surface area is 148 Å². The van der Waals surface area contributed by atoms with Crippen LogP contribution in [0.5, 0.6) is 17.2 Å². The summed E-state index contributed by atoms with van der Waals surface area (Å²) < 4.78 is 11.4. The number of carbonyl (C=O) groups excluding carboxylic acids is 1. The number of aryl methyl sites for hydroxylation is 1. The van der Waals surface area contributed by atoms with Crippen LogP contribution in [0.25, 0.3) is 22.2 Å². The Morgan fingerprint density at radius 2 is 1.77 bits per heavy atom. The summed E-state index contributed by atoms with van der Waals surface area (Å²) in [6, 6.07) is 16.1. The van der Waals surface area contributed by atoms with E-state index in [1.807, 2.05) is 37.3 Å². The van der Waals surface area contributed by atoms with E-state index < -0.39 is 0 Å². The number of carbonyl (C=O) groups is 1. The lowest BCUT2D eigenvalue weighted by Crippen LogP contribution is -2.09. The standard InChI is InChI=1S/C21H13NO4/c1-11-6-8-12(9-7-11)25-16-10-15(23)17-18-19(16)22-26-21(18)14-5-3-2-4-13(14)20(17)24/h2-10,23H,1H3. The zero-order valence-electron chi connectivity index (χ0n) is 13.8. The van der Waals surface area contributed by atoms with Crippen molar-refractivity contribution < 1.29 is 19.2 Å². The zero-order chi connectivity index (χ0) is 17.8. The average Bonchev–Trinajstić information content (AvgIpc) is 3.08. The van der Waals surface area contributed by atoms with Gasteiger partial charge in [0.2, 0.25) is 0 Å². The van der Waals surface area contributed by atoms with Crippen molar-refractivity contribution in [2.45, 2.75) is 6.92 Å². The molecule has 0 amide bonds. The summed E-state index contributed by atoms with van der Waals surface area (Å²) >= 11 is 0. The molecule has 0 aliphatic heterocycles. The first kappa shape index (κ1) is 14.7. The molecule has 0 spiro atoms. The lowest BCUT2D eigenvalue weighted by atomic mass is 9.87. The first-order valence-electron chi connectivity index (χ1n) is 8.17. The Hall–Kier alpha value is -3.60. The van der Waals surface area contributed by atoms with Gasteiger partial charge in [-0.3, -0.25) is 4.79 Å². The minimum absolute atomic E-state index is 0.149. The summed E-state index contributed by atoms with van der Waals surface area (Å²) in [5.74, 6) is 1.02. The van der Waals surface area contributed by atoms with Crippen molar-refractivity contribution in [3.8, 4) is 28.6 Å². The largest absolute Gasteiger partial charge is 0.507 e. The maximum atomic E-state index is 12.9. The quantitative estimate of drug-likeness (QED) is 0.496. The molecule has 1 N–H and O–H groups in total. The number of ether oxygens (including phenoxy) is 1. The summed E-state index contributed by atoms with van der Waals surface area (Å²) in [5, 5.41) is 15.1. The van der Waals surface area contributed by atoms with Crippen LogP contribution in [0.4, 0.5) is 0 Å². The molecule has 0 atom stereocenters. The van der Waals surface area contributed by atoms with Gasteiger partial charge in [0.25, 0.3) is 0 Å². The van der Waals surface area contributed by atoms with Crippen molar-refractivity contribution in [2.75, 3.05) is 0 Å². The van der Waals surface area contributed by atoms with E-state index in [-0.39, 0.29) is 17.1 Å². The zero-order valence-corrected chi connectivity index (χ0v) is 13.8. The predicted molar refractivity (Wildman–Crippen MR) is 95.8 cm³/mol. The number of nitrogens with zero attached hydrogens (tertiary/aromatic N) is 1. The highest BCUT2D eigenvalue weighted by Crippen LogP contribution is 2.46. The number of aromatic hydroxyl groups is 1. The first-order chi connectivity index (χ1) is 12.6. The van der Waals surface area contributed by atoms with Crippen LogP contribution in [0.15, 0.2) is 59.1 Å². The predicted octanol–water partition coefficient (Wildman–Crippen LogP) is 4.85. The van der Waals surface area contributed by atoms with Gasteiger partial charge in [-0.15, -0.1) is 0 Å². The second-order valence-electron chi connectivity index (χ2n) is 6.29. The van der Waals surface area contributed by atoms with Crippen molar-refractivity contribution in [3.05, 3.63) is 71.3 Å². The third-order valence-electron chi connectivity index (χ3n) is 4.59. The van der Waals surface area contributed by atoms with Gasteiger partial charge in [0.05, 0.1) is 10.9 Å². The van der Waals surface area contributed by atoms with Crippen molar-refractivity contribution in [1.29, 1.82) is 0 Å². The number of phenols is 1. The number of phenolic OH excluding ortho intramolecular Hbond substituents is 1. The van der Waals surface area contributed by atoms with Crippen LogP contribution in [0.2, 0.25) is 0 Å². The number of ketones is 1. The van der Waals surface area contributed by atoms with Gasteiger partial charge in [-0.05, 0) is 19.1 Å². The maximum absolute atomic E-state index is 12.9. The normalized spacial score (nSPS) is 12.3. The molecule has 3 aromatic carbocycles. The van der Waals surface area contributed by atoms with Crippen molar-refractivity contribution >= 4 is 16.7 Å². The number of fused-ring (bicyclic) bond motifs is 2. The van der Waals surface area contributed by atoms with Gasteiger partial charge in [-0.2, -0.15) is 0 Å². The molecule has 5 heteroatoms. The fraction of sp³-hybridized carbons (Fsp3) is 0.0476. The molecule has 0 fully saturated rings. The van der Waals surface area contributed by atoms with Crippen LogP contribution in [-0.2, 0) is 0 Å². The van der Waals surface area contributed by atoms with E-state index in [0.29, 0.717) is 39.3 Å². The average molecular weight is 343 g/mol. The second kappa shape index (κ2) is 5.20. The molecule has 1 aliphatic rings. The molecular formula is C21H13NO4. The van der Waals surface area contributed by atoms with Gasteiger partial charge in [-0.1, -0.05) is 47.1 Å². The van der Waals surface area contributed by atoms with Gasteiger partial charge < -0.3 is 14.4 Å². The van der Waals surface area contributed by atoms with Crippen molar-refractivity contribution in [2.24, 2.45) is 0 Å². The number of hydrogen-bond donors (Lipinski definition) is 1. The first-order valence-corrected chi connectivity index (χ1v) is 8.17. The molecule has 1 heterocycles. The summed E-state index contributed by atoms with van der Waals surface area (Å²) in [4.78, 5) is 12.9. The van der Waals surface area contributed by atoms with E-state index in [0.717, 1.165) is 5.56 Å². The summed E-state index contributed by atoms with van der Waals surface area (Å²) in [7, 11) is 0. The number of rotatable bonds is 2. The third-order valence-corrected chi connectivity index (χ3v) is 4.59. The van der Waals surface area contributed by atoms with E-state index in [4.69, 9.17) is 9.26 Å². The van der Waals surface area contributed by atoms with Crippen LogP contribution >= 0.6 is 0 Å². The summed E-state index contributed by atoms with van der Waals surface area (Å²) in [5.41, 5.74) is 2.88. The van der Waals surface area contributed by atoms with Crippen molar-refractivity contribution in [1.82, 2.24) is 5.16 Å². The van der Waals surface area contributed by atoms with Crippen molar-refractivity contribution in [3.63, 3.8) is 0 Å². The molecule has 1 aromatic heterocycles. The molecular weight excluding hydrogens is 330 g/mol. The second-order valence-corrected chi connectivity index (χ2v) is 6.29. The smallest absolute Gasteiger partial charge is 0.198 e. The van der Waals surface area contributed by atoms with Gasteiger partial charge in [0, 0.05) is 17.2 Å². The van der Waals surface area contributed by atoms with Gasteiger partial charge in [-0.25, -0.2) is 0 Å². The highest BCUT2D eigenvalue weighted by Gasteiger charge is 2.33. The maximum Gasteiger partial charge on any atom is 0.198 e. The Morgan fingerprint density at radius 3 is 2.54 bits per heavy atom. The Bertz CT molecular complexity index is 1190. The molecule has 1 aliphatic carbocycles. The SMILES string of the molecule is Cc1ccc(Oc2cc(O)c3c4c(onc24)-c2ccccc2C3=O)cc1. The molecule has 126 valence electrons.